The summed E-state index contributed by atoms with van der Waals surface area (Å²) in [6.07, 6.45) is 0. The van der Waals surface area contributed by atoms with E-state index in [0.717, 1.165) is 5.56 Å². The highest BCUT2D eigenvalue weighted by Crippen LogP contribution is 2.32. The summed E-state index contributed by atoms with van der Waals surface area (Å²) in [5.41, 5.74) is 6.30. The molecule has 2 nitrogen and oxygen atoms in total. The number of carbonyl (C=O) groups excluding carboxylic acids is 1. The van der Waals surface area contributed by atoms with Gasteiger partial charge in [0.05, 0.1) is 0 Å². The molecule has 4 heteroatoms. The average Bonchev–Trinajstić information content (AvgIpc) is 2.01. The molecule has 0 aliphatic rings. The van der Waals surface area contributed by atoms with E-state index in [-0.39, 0.29) is 5.92 Å². The minimum atomic E-state index is -0.524. The lowest BCUT2D eigenvalue weighted by Crippen LogP contribution is -2.11. The van der Waals surface area contributed by atoms with Crippen LogP contribution in [0.25, 0.3) is 0 Å². The Kier molecular flexibility index (Phi) is 3.40. The van der Waals surface area contributed by atoms with E-state index >= 15 is 0 Å². The summed E-state index contributed by atoms with van der Waals surface area (Å²) >= 11 is 12.0. The van der Waals surface area contributed by atoms with Gasteiger partial charge in [0.2, 0.25) is 5.91 Å². The minimum Gasteiger partial charge on any atom is -0.366 e. The molecule has 1 amide bonds. The van der Waals surface area contributed by atoms with Crippen molar-refractivity contribution in [3.8, 4) is 0 Å². The molecular weight excluding hydrogens is 221 g/mol. The lowest BCUT2D eigenvalue weighted by atomic mass is 10.0. The summed E-state index contributed by atoms with van der Waals surface area (Å²) in [5.74, 6) is -0.305. The summed E-state index contributed by atoms with van der Waals surface area (Å²) in [4.78, 5) is 10.9. The zero-order valence-electron chi connectivity index (χ0n) is 7.97. The van der Waals surface area contributed by atoms with Crippen LogP contribution in [-0.4, -0.2) is 5.91 Å². The number of benzene rings is 1. The maximum absolute atomic E-state index is 10.9. The normalized spacial score (nSPS) is 10.6. The molecule has 0 aromatic heterocycles. The van der Waals surface area contributed by atoms with Gasteiger partial charge in [-0.15, -0.1) is 0 Å². The van der Waals surface area contributed by atoms with Crippen LogP contribution in [0.5, 0.6) is 0 Å². The minimum absolute atomic E-state index is 0.219. The topological polar surface area (TPSA) is 43.1 Å². The Bertz CT molecular complexity index is 351. The monoisotopic (exact) mass is 231 g/mol. The second-order valence-corrected chi connectivity index (χ2v) is 4.19. The third-order valence-corrected chi connectivity index (χ3v) is 2.57. The van der Waals surface area contributed by atoms with Gasteiger partial charge in [-0.2, -0.15) is 0 Å². The Morgan fingerprint density at radius 1 is 1.29 bits per heavy atom. The van der Waals surface area contributed by atoms with Gasteiger partial charge in [0, 0.05) is 15.6 Å². The number of amides is 1. The van der Waals surface area contributed by atoms with Gasteiger partial charge < -0.3 is 5.73 Å². The van der Waals surface area contributed by atoms with E-state index in [1.807, 2.05) is 13.8 Å². The van der Waals surface area contributed by atoms with E-state index in [0.29, 0.717) is 15.6 Å². The Balaban J connectivity index is 3.32. The fourth-order valence-corrected chi connectivity index (χ4v) is 2.20. The van der Waals surface area contributed by atoms with Crippen LogP contribution in [0.15, 0.2) is 12.1 Å². The molecular formula is C10H11Cl2NO. The first-order chi connectivity index (χ1) is 6.43. The Morgan fingerprint density at radius 3 is 2.00 bits per heavy atom. The van der Waals surface area contributed by atoms with Crippen molar-refractivity contribution < 1.29 is 4.79 Å². The van der Waals surface area contributed by atoms with Gasteiger partial charge in [-0.1, -0.05) is 37.0 Å². The van der Waals surface area contributed by atoms with Gasteiger partial charge in [0.1, 0.15) is 0 Å². The van der Waals surface area contributed by atoms with Gasteiger partial charge in [0.15, 0.2) is 0 Å². The van der Waals surface area contributed by atoms with Crippen molar-refractivity contribution >= 4 is 29.1 Å². The second kappa shape index (κ2) is 4.20. The molecule has 0 aliphatic carbocycles. The van der Waals surface area contributed by atoms with Gasteiger partial charge in [0.25, 0.3) is 0 Å². The first-order valence-electron chi connectivity index (χ1n) is 4.22. The molecule has 0 unspecified atom stereocenters. The molecule has 0 bridgehead atoms. The number of halogens is 2. The molecule has 14 heavy (non-hydrogen) atoms. The number of rotatable bonds is 2. The lowest BCUT2D eigenvalue weighted by Gasteiger charge is -2.11. The van der Waals surface area contributed by atoms with Crippen LogP contribution in [0.4, 0.5) is 0 Å². The van der Waals surface area contributed by atoms with Gasteiger partial charge in [-0.05, 0) is 23.6 Å². The third-order valence-electron chi connectivity index (χ3n) is 1.94. The first kappa shape index (κ1) is 11.3. The van der Waals surface area contributed by atoms with Crippen LogP contribution in [0.3, 0.4) is 0 Å². The highest BCUT2D eigenvalue weighted by Gasteiger charge is 2.13. The third kappa shape index (κ3) is 2.20. The number of primary amides is 1. The standard InChI is InChI=1S/C10H11Cl2NO/c1-5(2)9-7(11)3-6(10(13)14)4-8(9)12/h3-5H,1-2H3,(H2,13,14). The van der Waals surface area contributed by atoms with Gasteiger partial charge in [-0.3, -0.25) is 4.79 Å². The number of nitrogens with two attached hydrogens (primary N) is 1. The fourth-order valence-electron chi connectivity index (χ4n) is 1.28. The number of carbonyl (C=O) groups is 1. The molecule has 0 heterocycles. The maximum Gasteiger partial charge on any atom is 0.248 e. The van der Waals surface area contributed by atoms with E-state index < -0.39 is 5.91 Å². The summed E-state index contributed by atoms with van der Waals surface area (Å²) in [7, 11) is 0. The van der Waals surface area contributed by atoms with Crippen molar-refractivity contribution in [3.63, 3.8) is 0 Å². The van der Waals surface area contributed by atoms with Crippen molar-refractivity contribution in [2.45, 2.75) is 19.8 Å². The fraction of sp³-hybridized carbons (Fsp3) is 0.300. The molecule has 0 radical (unpaired) electrons. The molecule has 0 atom stereocenters. The largest absolute Gasteiger partial charge is 0.366 e. The summed E-state index contributed by atoms with van der Waals surface area (Å²) in [5, 5.41) is 0.975. The highest BCUT2D eigenvalue weighted by molar-refractivity contribution is 6.36. The van der Waals surface area contributed by atoms with Crippen LogP contribution in [-0.2, 0) is 0 Å². The zero-order valence-corrected chi connectivity index (χ0v) is 9.49. The van der Waals surface area contributed by atoms with Gasteiger partial charge in [-0.25, -0.2) is 0 Å². The number of hydrogen-bond donors (Lipinski definition) is 1. The molecule has 2 N–H and O–H groups in total. The SMILES string of the molecule is CC(C)c1c(Cl)cc(C(N)=O)cc1Cl. The quantitative estimate of drug-likeness (QED) is 0.835. The lowest BCUT2D eigenvalue weighted by molar-refractivity contribution is 0.100. The van der Waals surface area contributed by atoms with E-state index in [1.54, 1.807) is 12.1 Å². The molecule has 0 spiro atoms. The maximum atomic E-state index is 10.9. The molecule has 0 fully saturated rings. The van der Waals surface area contributed by atoms with Crippen molar-refractivity contribution in [2.24, 2.45) is 5.73 Å². The van der Waals surface area contributed by atoms with Crippen LogP contribution in [0.1, 0.15) is 35.7 Å². The van der Waals surface area contributed by atoms with E-state index in [9.17, 15) is 4.79 Å². The van der Waals surface area contributed by atoms with E-state index in [2.05, 4.69) is 0 Å². The summed E-state index contributed by atoms with van der Waals surface area (Å²) < 4.78 is 0. The molecule has 76 valence electrons. The molecule has 0 aliphatic heterocycles. The van der Waals surface area contributed by atoms with Crippen LogP contribution >= 0.6 is 23.2 Å². The molecule has 1 aromatic rings. The van der Waals surface area contributed by atoms with Crippen molar-refractivity contribution in [3.05, 3.63) is 33.3 Å². The Hall–Kier alpha value is -0.730. The van der Waals surface area contributed by atoms with Crippen molar-refractivity contribution in [1.82, 2.24) is 0 Å². The smallest absolute Gasteiger partial charge is 0.248 e. The molecule has 0 saturated carbocycles. The van der Waals surface area contributed by atoms with Crippen LogP contribution in [0, 0.1) is 0 Å². The number of hydrogen-bond acceptors (Lipinski definition) is 1. The second-order valence-electron chi connectivity index (χ2n) is 3.37. The van der Waals surface area contributed by atoms with Crippen LogP contribution < -0.4 is 5.73 Å². The molecule has 0 saturated heterocycles. The average molecular weight is 232 g/mol. The predicted molar refractivity (Wildman–Crippen MR) is 59.1 cm³/mol. The van der Waals surface area contributed by atoms with Crippen molar-refractivity contribution in [2.75, 3.05) is 0 Å². The van der Waals surface area contributed by atoms with E-state index in [4.69, 9.17) is 28.9 Å². The first-order valence-corrected chi connectivity index (χ1v) is 4.97. The van der Waals surface area contributed by atoms with E-state index in [1.165, 1.54) is 0 Å². The van der Waals surface area contributed by atoms with Crippen LogP contribution in [0.2, 0.25) is 10.0 Å². The molecule has 1 aromatic carbocycles. The summed E-state index contributed by atoms with van der Waals surface area (Å²) in [6.45, 7) is 3.97. The Labute approximate surface area is 93.0 Å². The van der Waals surface area contributed by atoms with Gasteiger partial charge >= 0.3 is 0 Å². The summed E-state index contributed by atoms with van der Waals surface area (Å²) in [6, 6.07) is 3.09. The zero-order chi connectivity index (χ0) is 10.9. The molecule has 1 rings (SSSR count). The predicted octanol–water partition coefficient (Wildman–Crippen LogP) is 3.22. The van der Waals surface area contributed by atoms with Crippen molar-refractivity contribution in [1.29, 1.82) is 0 Å². The Morgan fingerprint density at radius 2 is 1.71 bits per heavy atom. The highest BCUT2D eigenvalue weighted by atomic mass is 35.5.